The first-order valence-electron chi connectivity index (χ1n) is 8.82. The summed E-state index contributed by atoms with van der Waals surface area (Å²) in [4.78, 5) is 0. The standard InChI is InChI=1S/C21H20O5/c1-11(2)3-4-12-5-14-17(7-16(12)22)23-9-15-13-6-19-20(25-10-24-19)8-18(13)26-21(14)15/h3,5-8,15,21-22H,4,9-10H2,1-2H3. The highest BCUT2D eigenvalue weighted by Gasteiger charge is 2.42. The molecule has 0 radical (unpaired) electrons. The fourth-order valence-corrected chi connectivity index (χ4v) is 3.81. The number of ether oxygens (including phenoxy) is 4. The summed E-state index contributed by atoms with van der Waals surface area (Å²) in [6, 6.07) is 7.62. The molecule has 3 aliphatic heterocycles. The Morgan fingerprint density at radius 1 is 1.00 bits per heavy atom. The molecule has 0 aliphatic carbocycles. The van der Waals surface area contributed by atoms with E-state index in [1.54, 1.807) is 6.07 Å². The molecule has 3 heterocycles. The smallest absolute Gasteiger partial charge is 0.231 e. The predicted molar refractivity (Wildman–Crippen MR) is 95.4 cm³/mol. The number of benzene rings is 2. The van der Waals surface area contributed by atoms with Crippen molar-refractivity contribution in [1.82, 2.24) is 0 Å². The molecule has 0 amide bonds. The van der Waals surface area contributed by atoms with Crippen LogP contribution >= 0.6 is 0 Å². The first-order chi connectivity index (χ1) is 12.6. The molecule has 0 aromatic heterocycles. The SMILES string of the molecule is CC(C)=CCc1cc2c(cc1O)OCC1c3cc4c(cc3OC21)OCO4. The molecule has 0 spiro atoms. The summed E-state index contributed by atoms with van der Waals surface area (Å²) in [6.07, 6.45) is 2.66. The monoisotopic (exact) mass is 352 g/mol. The third-order valence-electron chi connectivity index (χ3n) is 5.19. The van der Waals surface area contributed by atoms with Gasteiger partial charge in [0, 0.05) is 23.3 Å². The molecule has 5 heteroatoms. The third kappa shape index (κ3) is 2.30. The summed E-state index contributed by atoms with van der Waals surface area (Å²) in [5, 5.41) is 10.3. The number of rotatable bonds is 2. The van der Waals surface area contributed by atoms with E-state index in [0.717, 1.165) is 33.9 Å². The van der Waals surface area contributed by atoms with Crippen molar-refractivity contribution >= 4 is 0 Å². The van der Waals surface area contributed by atoms with Crippen LogP contribution in [0, 0.1) is 0 Å². The van der Waals surface area contributed by atoms with Gasteiger partial charge in [-0.05, 0) is 38.0 Å². The number of phenolic OH excluding ortho intramolecular Hbond substituents is 1. The lowest BCUT2D eigenvalue weighted by Crippen LogP contribution is -2.23. The fraction of sp³-hybridized carbons (Fsp3) is 0.333. The van der Waals surface area contributed by atoms with Gasteiger partial charge in [-0.15, -0.1) is 0 Å². The topological polar surface area (TPSA) is 57.2 Å². The van der Waals surface area contributed by atoms with E-state index >= 15 is 0 Å². The van der Waals surface area contributed by atoms with Crippen molar-refractivity contribution in [3.63, 3.8) is 0 Å². The van der Waals surface area contributed by atoms with Crippen LogP contribution in [0.4, 0.5) is 0 Å². The van der Waals surface area contributed by atoms with Gasteiger partial charge in [0.25, 0.3) is 0 Å². The maximum atomic E-state index is 10.3. The van der Waals surface area contributed by atoms with Crippen molar-refractivity contribution in [2.45, 2.75) is 32.3 Å². The number of phenols is 1. The molecule has 0 saturated carbocycles. The van der Waals surface area contributed by atoms with Crippen LogP contribution in [0.3, 0.4) is 0 Å². The minimum atomic E-state index is -0.123. The molecule has 26 heavy (non-hydrogen) atoms. The van der Waals surface area contributed by atoms with E-state index in [-0.39, 0.29) is 24.6 Å². The van der Waals surface area contributed by atoms with E-state index in [0.29, 0.717) is 18.8 Å². The van der Waals surface area contributed by atoms with Crippen LogP contribution in [0.25, 0.3) is 0 Å². The van der Waals surface area contributed by atoms with E-state index in [1.807, 2.05) is 18.2 Å². The number of fused-ring (bicyclic) bond motifs is 6. The highest BCUT2D eigenvalue weighted by atomic mass is 16.7. The minimum absolute atomic E-state index is 0.104. The van der Waals surface area contributed by atoms with Gasteiger partial charge in [0.2, 0.25) is 6.79 Å². The van der Waals surface area contributed by atoms with Gasteiger partial charge in [-0.1, -0.05) is 11.6 Å². The van der Waals surface area contributed by atoms with Crippen LogP contribution in [0.1, 0.15) is 42.6 Å². The molecule has 0 bridgehead atoms. The summed E-state index contributed by atoms with van der Waals surface area (Å²) in [6.45, 7) is 4.86. The van der Waals surface area contributed by atoms with Gasteiger partial charge in [0.1, 0.15) is 23.4 Å². The van der Waals surface area contributed by atoms with Crippen molar-refractivity contribution in [3.05, 3.63) is 52.6 Å². The lowest BCUT2D eigenvalue weighted by atomic mass is 9.88. The van der Waals surface area contributed by atoms with Crippen LogP contribution < -0.4 is 18.9 Å². The quantitative estimate of drug-likeness (QED) is 0.820. The van der Waals surface area contributed by atoms with Gasteiger partial charge in [0.15, 0.2) is 11.5 Å². The van der Waals surface area contributed by atoms with Gasteiger partial charge in [-0.25, -0.2) is 0 Å². The Bertz CT molecular complexity index is 926. The first-order valence-corrected chi connectivity index (χ1v) is 8.82. The van der Waals surface area contributed by atoms with Crippen LogP contribution in [0.2, 0.25) is 0 Å². The number of allylic oxidation sites excluding steroid dienone is 2. The Hall–Kier alpha value is -2.82. The Kier molecular flexibility index (Phi) is 3.32. The molecule has 5 rings (SSSR count). The zero-order valence-electron chi connectivity index (χ0n) is 14.7. The fourth-order valence-electron chi connectivity index (χ4n) is 3.81. The average molecular weight is 352 g/mol. The molecule has 2 atom stereocenters. The highest BCUT2D eigenvalue weighted by Crippen LogP contribution is 2.54. The van der Waals surface area contributed by atoms with Crippen molar-refractivity contribution < 1.29 is 24.1 Å². The largest absolute Gasteiger partial charge is 0.508 e. The molecule has 0 fully saturated rings. The van der Waals surface area contributed by atoms with Crippen LogP contribution in [0.15, 0.2) is 35.9 Å². The van der Waals surface area contributed by atoms with Gasteiger partial charge < -0.3 is 24.1 Å². The number of hydrogen-bond acceptors (Lipinski definition) is 5. The highest BCUT2D eigenvalue weighted by molar-refractivity contribution is 5.58. The lowest BCUT2D eigenvalue weighted by molar-refractivity contribution is 0.138. The second-order valence-corrected chi connectivity index (χ2v) is 7.20. The molecule has 2 aromatic rings. The predicted octanol–water partition coefficient (Wildman–Crippen LogP) is 4.24. The average Bonchev–Trinajstić information content (AvgIpc) is 3.21. The molecule has 0 saturated heterocycles. The Morgan fingerprint density at radius 2 is 1.81 bits per heavy atom. The summed E-state index contributed by atoms with van der Waals surface area (Å²) in [5.74, 6) is 3.35. The van der Waals surface area contributed by atoms with E-state index in [2.05, 4.69) is 19.9 Å². The lowest BCUT2D eigenvalue weighted by Gasteiger charge is -2.28. The van der Waals surface area contributed by atoms with Gasteiger partial charge >= 0.3 is 0 Å². The zero-order valence-corrected chi connectivity index (χ0v) is 14.7. The first kappa shape index (κ1) is 15.4. The van der Waals surface area contributed by atoms with Gasteiger partial charge in [-0.3, -0.25) is 0 Å². The molecule has 2 aromatic carbocycles. The molecule has 134 valence electrons. The number of hydrogen-bond donors (Lipinski definition) is 1. The van der Waals surface area contributed by atoms with Crippen LogP contribution in [-0.4, -0.2) is 18.5 Å². The molecule has 5 nitrogen and oxygen atoms in total. The summed E-state index contributed by atoms with van der Waals surface area (Å²) in [7, 11) is 0. The third-order valence-corrected chi connectivity index (χ3v) is 5.19. The second kappa shape index (κ2) is 5.59. The number of aromatic hydroxyl groups is 1. The molecule has 1 N–H and O–H groups in total. The Labute approximate surface area is 151 Å². The van der Waals surface area contributed by atoms with Crippen molar-refractivity contribution in [3.8, 4) is 28.7 Å². The summed E-state index contributed by atoms with van der Waals surface area (Å²) < 4.78 is 23.2. The maximum Gasteiger partial charge on any atom is 0.231 e. The van der Waals surface area contributed by atoms with Crippen LogP contribution in [-0.2, 0) is 6.42 Å². The summed E-state index contributed by atoms with van der Waals surface area (Å²) >= 11 is 0. The van der Waals surface area contributed by atoms with E-state index in [1.165, 1.54) is 5.57 Å². The molecular formula is C21H20O5. The van der Waals surface area contributed by atoms with Crippen molar-refractivity contribution in [1.29, 1.82) is 0 Å². The van der Waals surface area contributed by atoms with E-state index in [9.17, 15) is 5.11 Å². The Morgan fingerprint density at radius 3 is 2.62 bits per heavy atom. The van der Waals surface area contributed by atoms with Gasteiger partial charge in [-0.2, -0.15) is 0 Å². The van der Waals surface area contributed by atoms with Crippen molar-refractivity contribution in [2.24, 2.45) is 0 Å². The second-order valence-electron chi connectivity index (χ2n) is 7.20. The van der Waals surface area contributed by atoms with E-state index < -0.39 is 0 Å². The normalized spacial score (nSPS) is 21.2. The zero-order chi connectivity index (χ0) is 17.8. The van der Waals surface area contributed by atoms with Gasteiger partial charge in [0.05, 0.1) is 12.5 Å². The van der Waals surface area contributed by atoms with E-state index in [4.69, 9.17) is 18.9 Å². The Balaban J connectivity index is 1.54. The maximum absolute atomic E-state index is 10.3. The molecule has 3 aliphatic rings. The van der Waals surface area contributed by atoms with Crippen LogP contribution in [0.5, 0.6) is 28.7 Å². The molecular weight excluding hydrogens is 332 g/mol. The summed E-state index contributed by atoms with van der Waals surface area (Å²) in [5.41, 5.74) is 4.16. The minimum Gasteiger partial charge on any atom is -0.508 e. The molecule has 2 unspecified atom stereocenters. The van der Waals surface area contributed by atoms with Crippen molar-refractivity contribution in [2.75, 3.05) is 13.4 Å².